The molecule has 0 heterocycles. The number of benzene rings is 1. The Hall–Kier alpha value is -1.55. The lowest BCUT2D eigenvalue weighted by molar-refractivity contribution is -0.123. The van der Waals surface area contributed by atoms with E-state index in [1.165, 1.54) is 13.8 Å². The second kappa shape index (κ2) is 4.99. The Morgan fingerprint density at radius 2 is 1.94 bits per heavy atom. The van der Waals surface area contributed by atoms with Gasteiger partial charge >= 0.3 is 0 Å². The number of anilines is 1. The zero-order valence-corrected chi connectivity index (χ0v) is 10.1. The third-order valence-corrected chi connectivity index (χ3v) is 2.40. The van der Waals surface area contributed by atoms with Crippen LogP contribution in [-0.4, -0.2) is 11.8 Å². The highest BCUT2D eigenvalue weighted by Gasteiger charge is 2.13. The molecule has 0 saturated heterocycles. The summed E-state index contributed by atoms with van der Waals surface area (Å²) in [6.07, 6.45) is 0. The van der Waals surface area contributed by atoms with Crippen LogP contribution in [0.1, 0.15) is 19.4 Å². The van der Waals surface area contributed by atoms with Gasteiger partial charge in [0.1, 0.15) is 0 Å². The van der Waals surface area contributed by atoms with Crippen LogP contribution < -0.4 is 10.4 Å². The molecule has 0 fully saturated rings. The van der Waals surface area contributed by atoms with Crippen molar-refractivity contribution >= 4 is 29.1 Å². The summed E-state index contributed by atoms with van der Waals surface area (Å²) >= 11 is 5.95. The van der Waals surface area contributed by atoms with Crippen molar-refractivity contribution in [3.05, 3.63) is 28.8 Å². The fourth-order valence-electron chi connectivity index (χ4n) is 1.20. The molecule has 0 unspecified atom stereocenters. The first-order chi connectivity index (χ1) is 7.41. The van der Waals surface area contributed by atoms with E-state index in [1.807, 2.05) is 6.92 Å². The molecular weight excluding hydrogens is 228 g/mol. The molecule has 0 spiro atoms. The van der Waals surface area contributed by atoms with Crippen LogP contribution >= 0.6 is 11.6 Å². The zero-order valence-electron chi connectivity index (χ0n) is 9.37. The number of hydrogen-bond acceptors (Lipinski definition) is 2. The maximum Gasteiger partial charge on any atom is 0.242 e. The van der Waals surface area contributed by atoms with Crippen molar-refractivity contribution in [1.29, 1.82) is 0 Å². The van der Waals surface area contributed by atoms with E-state index in [9.17, 15) is 9.59 Å². The first-order valence-electron chi connectivity index (χ1n) is 4.76. The summed E-state index contributed by atoms with van der Waals surface area (Å²) in [4.78, 5) is 22.3. The van der Waals surface area contributed by atoms with Gasteiger partial charge in [-0.3, -0.25) is 15.0 Å². The van der Waals surface area contributed by atoms with Crippen molar-refractivity contribution in [2.45, 2.75) is 20.8 Å². The number of hydrogen-bond donors (Lipinski definition) is 1. The van der Waals surface area contributed by atoms with Gasteiger partial charge in [0.15, 0.2) is 0 Å². The van der Waals surface area contributed by atoms with Crippen molar-refractivity contribution in [3.63, 3.8) is 0 Å². The Bertz CT molecular complexity index is 432. The molecule has 1 aromatic rings. The van der Waals surface area contributed by atoms with E-state index in [2.05, 4.69) is 5.43 Å². The molecule has 0 atom stereocenters. The number of halogens is 1. The van der Waals surface area contributed by atoms with Gasteiger partial charge in [-0.2, -0.15) is 0 Å². The van der Waals surface area contributed by atoms with E-state index in [0.717, 1.165) is 10.6 Å². The largest absolute Gasteiger partial charge is 0.274 e. The number of nitrogens with one attached hydrogen (secondary N) is 1. The van der Waals surface area contributed by atoms with E-state index >= 15 is 0 Å². The van der Waals surface area contributed by atoms with Gasteiger partial charge in [0.2, 0.25) is 11.8 Å². The van der Waals surface area contributed by atoms with Crippen LogP contribution in [0.25, 0.3) is 0 Å². The van der Waals surface area contributed by atoms with E-state index in [-0.39, 0.29) is 11.8 Å². The van der Waals surface area contributed by atoms with Crippen molar-refractivity contribution in [2.75, 3.05) is 5.01 Å². The summed E-state index contributed by atoms with van der Waals surface area (Å²) in [5.74, 6) is -0.595. The Morgan fingerprint density at radius 3 is 2.38 bits per heavy atom. The molecule has 4 nitrogen and oxygen atoms in total. The van der Waals surface area contributed by atoms with Gasteiger partial charge in [-0.25, -0.2) is 5.01 Å². The molecule has 1 aromatic carbocycles. The average Bonchev–Trinajstić information content (AvgIpc) is 2.18. The molecule has 0 aliphatic carbocycles. The molecule has 0 aliphatic heterocycles. The molecule has 0 bridgehead atoms. The molecule has 86 valence electrons. The van der Waals surface area contributed by atoms with Crippen molar-refractivity contribution in [1.82, 2.24) is 5.43 Å². The predicted octanol–water partition coefficient (Wildman–Crippen LogP) is 2.05. The molecular formula is C11H13ClN2O2. The standard InChI is InChI=1S/C11H13ClN2O2/c1-7-4-5-10(6-11(7)12)14(9(3)16)13-8(2)15/h4-6H,1-3H3,(H,13,15). The van der Waals surface area contributed by atoms with Crippen LogP contribution in [0.4, 0.5) is 5.69 Å². The number of amides is 2. The minimum absolute atomic E-state index is 0.282. The number of rotatable bonds is 1. The maximum atomic E-state index is 11.3. The van der Waals surface area contributed by atoms with Gasteiger partial charge < -0.3 is 0 Å². The monoisotopic (exact) mass is 240 g/mol. The molecule has 2 amide bonds. The van der Waals surface area contributed by atoms with E-state index in [4.69, 9.17) is 11.6 Å². The Labute approximate surface area is 99.2 Å². The summed E-state index contributed by atoms with van der Waals surface area (Å²) in [6.45, 7) is 4.57. The lowest BCUT2D eigenvalue weighted by Gasteiger charge is -2.21. The summed E-state index contributed by atoms with van der Waals surface area (Å²) in [5, 5.41) is 1.71. The van der Waals surface area contributed by atoms with Crippen molar-refractivity contribution in [2.24, 2.45) is 0 Å². The number of carbonyl (C=O) groups is 2. The minimum Gasteiger partial charge on any atom is -0.274 e. The number of hydrazine groups is 1. The molecule has 1 N–H and O–H groups in total. The summed E-state index contributed by atoms with van der Waals surface area (Å²) in [6, 6.07) is 5.14. The first kappa shape index (κ1) is 12.5. The number of aryl methyl sites for hydroxylation is 1. The highest BCUT2D eigenvalue weighted by Crippen LogP contribution is 2.22. The van der Waals surface area contributed by atoms with Crippen LogP contribution in [-0.2, 0) is 9.59 Å². The Kier molecular flexibility index (Phi) is 3.90. The maximum absolute atomic E-state index is 11.3. The van der Waals surface area contributed by atoms with Crippen molar-refractivity contribution < 1.29 is 9.59 Å². The molecule has 16 heavy (non-hydrogen) atoms. The quantitative estimate of drug-likeness (QED) is 0.764. The molecule has 0 saturated carbocycles. The topological polar surface area (TPSA) is 49.4 Å². The van der Waals surface area contributed by atoms with Gasteiger partial charge in [0, 0.05) is 18.9 Å². The van der Waals surface area contributed by atoms with Gasteiger partial charge in [-0.05, 0) is 24.6 Å². The van der Waals surface area contributed by atoms with Crippen molar-refractivity contribution in [3.8, 4) is 0 Å². The summed E-state index contributed by atoms with van der Waals surface area (Å²) < 4.78 is 0. The zero-order chi connectivity index (χ0) is 12.3. The van der Waals surface area contributed by atoms with Crippen LogP contribution in [0.15, 0.2) is 18.2 Å². The Morgan fingerprint density at radius 1 is 1.31 bits per heavy atom. The summed E-state index contributed by atoms with van der Waals surface area (Å²) in [5.41, 5.74) is 3.88. The van der Waals surface area contributed by atoms with Gasteiger partial charge in [0.25, 0.3) is 0 Å². The smallest absolute Gasteiger partial charge is 0.242 e. The first-order valence-corrected chi connectivity index (χ1v) is 5.13. The fraction of sp³-hybridized carbons (Fsp3) is 0.273. The highest BCUT2D eigenvalue weighted by atomic mass is 35.5. The molecule has 0 radical (unpaired) electrons. The van der Waals surface area contributed by atoms with E-state index < -0.39 is 0 Å². The summed E-state index contributed by atoms with van der Waals surface area (Å²) in [7, 11) is 0. The van der Waals surface area contributed by atoms with E-state index in [1.54, 1.807) is 18.2 Å². The normalized spacial score (nSPS) is 9.75. The predicted molar refractivity (Wildman–Crippen MR) is 63.2 cm³/mol. The third kappa shape index (κ3) is 2.97. The van der Waals surface area contributed by atoms with Crippen LogP contribution in [0.3, 0.4) is 0 Å². The van der Waals surface area contributed by atoms with Crippen LogP contribution in [0, 0.1) is 6.92 Å². The molecule has 1 rings (SSSR count). The lowest BCUT2D eigenvalue weighted by Crippen LogP contribution is -2.44. The molecule has 0 aliphatic rings. The lowest BCUT2D eigenvalue weighted by atomic mass is 10.2. The highest BCUT2D eigenvalue weighted by molar-refractivity contribution is 6.31. The van der Waals surface area contributed by atoms with Crippen LogP contribution in [0.2, 0.25) is 5.02 Å². The molecule has 5 heteroatoms. The Balaban J connectivity index is 3.06. The second-order valence-corrected chi connectivity index (χ2v) is 3.86. The van der Waals surface area contributed by atoms with Crippen LogP contribution in [0.5, 0.6) is 0 Å². The number of carbonyl (C=O) groups excluding carboxylic acids is 2. The second-order valence-electron chi connectivity index (χ2n) is 3.46. The van der Waals surface area contributed by atoms with Gasteiger partial charge in [0.05, 0.1) is 5.69 Å². The van der Waals surface area contributed by atoms with Gasteiger partial charge in [-0.1, -0.05) is 17.7 Å². The van der Waals surface area contributed by atoms with E-state index in [0.29, 0.717) is 10.7 Å². The minimum atomic E-state index is -0.313. The average molecular weight is 241 g/mol. The number of nitrogens with zero attached hydrogens (tertiary/aromatic N) is 1. The SMILES string of the molecule is CC(=O)NN(C(C)=O)c1ccc(C)c(Cl)c1. The molecule has 0 aromatic heterocycles. The van der Waals surface area contributed by atoms with Gasteiger partial charge in [-0.15, -0.1) is 0 Å². The third-order valence-electron chi connectivity index (χ3n) is 2.00. The fourth-order valence-corrected chi connectivity index (χ4v) is 1.38.